The topological polar surface area (TPSA) is 87.6 Å². The van der Waals surface area contributed by atoms with Crippen LogP contribution in [0.3, 0.4) is 0 Å². The third kappa shape index (κ3) is 3.93. The molecule has 0 radical (unpaired) electrons. The van der Waals surface area contributed by atoms with Gasteiger partial charge in [0.25, 0.3) is 0 Å². The SMILES string of the molecule is CP(=O)(Oc1ccc(N)cc1)Oc1ccc(N)cc1. The molecule has 4 N–H and O–H groups in total. The summed E-state index contributed by atoms with van der Waals surface area (Å²) in [6.07, 6.45) is 0. The Labute approximate surface area is 111 Å². The lowest BCUT2D eigenvalue weighted by molar-refractivity contribution is 0.393. The van der Waals surface area contributed by atoms with Gasteiger partial charge in [-0.2, -0.15) is 0 Å². The van der Waals surface area contributed by atoms with Crippen LogP contribution in [0, 0.1) is 0 Å². The summed E-state index contributed by atoms with van der Waals surface area (Å²) in [7, 11) is -3.25. The number of hydrogen-bond acceptors (Lipinski definition) is 5. The van der Waals surface area contributed by atoms with E-state index in [1.165, 1.54) is 6.66 Å². The molecule has 0 saturated carbocycles. The van der Waals surface area contributed by atoms with E-state index in [4.69, 9.17) is 20.5 Å². The molecule has 0 spiro atoms. The van der Waals surface area contributed by atoms with Gasteiger partial charge in [0.2, 0.25) is 0 Å². The maximum absolute atomic E-state index is 12.2. The van der Waals surface area contributed by atoms with Gasteiger partial charge in [-0.25, -0.2) is 4.57 Å². The quantitative estimate of drug-likeness (QED) is 0.662. The van der Waals surface area contributed by atoms with Crippen molar-refractivity contribution in [1.82, 2.24) is 0 Å². The number of benzene rings is 2. The lowest BCUT2D eigenvalue weighted by atomic mass is 10.3. The zero-order chi connectivity index (χ0) is 13.9. The first-order valence-corrected chi connectivity index (χ1v) is 7.61. The second-order valence-electron chi connectivity index (χ2n) is 4.09. The Morgan fingerprint density at radius 1 is 0.789 bits per heavy atom. The summed E-state index contributed by atoms with van der Waals surface area (Å²) in [4.78, 5) is 0. The highest BCUT2D eigenvalue weighted by Gasteiger charge is 2.20. The predicted molar refractivity (Wildman–Crippen MR) is 76.5 cm³/mol. The molecular formula is C13H15N2O3P. The number of rotatable bonds is 4. The van der Waals surface area contributed by atoms with E-state index in [0.717, 1.165) is 0 Å². The first kappa shape index (κ1) is 13.3. The average molecular weight is 278 g/mol. The number of nitrogen functional groups attached to an aromatic ring is 2. The molecule has 0 aliphatic rings. The third-order valence-corrected chi connectivity index (χ3v) is 3.39. The minimum Gasteiger partial charge on any atom is -0.416 e. The van der Waals surface area contributed by atoms with Crippen LogP contribution in [-0.4, -0.2) is 6.66 Å². The summed E-state index contributed by atoms with van der Waals surface area (Å²) < 4.78 is 22.9. The first-order chi connectivity index (χ1) is 8.94. The molecule has 2 aromatic carbocycles. The standard InChI is InChI=1S/C13H15N2O3P/c1-19(16,17-12-6-2-10(14)3-7-12)18-13-8-4-11(15)5-9-13/h2-9H,14-15H2,1H3. The van der Waals surface area contributed by atoms with Gasteiger partial charge in [-0.15, -0.1) is 0 Å². The van der Waals surface area contributed by atoms with Crippen molar-refractivity contribution in [2.24, 2.45) is 0 Å². The molecule has 0 aliphatic heterocycles. The fraction of sp³-hybridized carbons (Fsp3) is 0.0769. The molecule has 100 valence electrons. The highest BCUT2D eigenvalue weighted by molar-refractivity contribution is 7.53. The van der Waals surface area contributed by atoms with E-state index in [1.807, 2.05) is 0 Å². The van der Waals surface area contributed by atoms with Gasteiger partial charge in [0.1, 0.15) is 11.5 Å². The lowest BCUT2D eigenvalue weighted by Gasteiger charge is -2.16. The van der Waals surface area contributed by atoms with Crippen LogP contribution >= 0.6 is 7.60 Å². The van der Waals surface area contributed by atoms with E-state index < -0.39 is 7.60 Å². The summed E-state index contributed by atoms with van der Waals surface area (Å²) >= 11 is 0. The van der Waals surface area contributed by atoms with Gasteiger partial charge in [0.15, 0.2) is 0 Å². The Morgan fingerprint density at radius 3 is 1.42 bits per heavy atom. The maximum atomic E-state index is 12.2. The van der Waals surface area contributed by atoms with E-state index in [-0.39, 0.29) is 0 Å². The molecule has 6 heteroatoms. The zero-order valence-electron chi connectivity index (χ0n) is 10.4. The summed E-state index contributed by atoms with van der Waals surface area (Å²) in [5, 5.41) is 0. The van der Waals surface area contributed by atoms with Crippen LogP contribution in [0.2, 0.25) is 0 Å². The van der Waals surface area contributed by atoms with Crippen LogP contribution in [0.15, 0.2) is 48.5 Å². The van der Waals surface area contributed by atoms with Gasteiger partial charge >= 0.3 is 7.60 Å². The van der Waals surface area contributed by atoms with Crippen LogP contribution in [0.1, 0.15) is 0 Å². The molecule has 0 bridgehead atoms. The minimum absolute atomic E-state index is 0.440. The van der Waals surface area contributed by atoms with Crippen molar-refractivity contribution >= 4 is 19.0 Å². The molecule has 0 aromatic heterocycles. The molecule has 0 amide bonds. The number of nitrogens with two attached hydrogens (primary N) is 2. The molecule has 0 unspecified atom stereocenters. The molecule has 2 aromatic rings. The van der Waals surface area contributed by atoms with Crippen molar-refractivity contribution in [2.75, 3.05) is 18.1 Å². The molecule has 0 fully saturated rings. The van der Waals surface area contributed by atoms with Crippen molar-refractivity contribution in [1.29, 1.82) is 0 Å². The molecule has 2 rings (SSSR count). The molecule has 0 saturated heterocycles. The van der Waals surface area contributed by atoms with Crippen LogP contribution < -0.4 is 20.5 Å². The highest BCUT2D eigenvalue weighted by Crippen LogP contribution is 2.44. The first-order valence-electron chi connectivity index (χ1n) is 5.62. The smallest absolute Gasteiger partial charge is 0.416 e. The van der Waals surface area contributed by atoms with Crippen molar-refractivity contribution in [3.05, 3.63) is 48.5 Å². The van der Waals surface area contributed by atoms with E-state index in [0.29, 0.717) is 22.9 Å². The Balaban J connectivity index is 2.08. The van der Waals surface area contributed by atoms with Crippen molar-refractivity contribution in [3.8, 4) is 11.5 Å². The highest BCUT2D eigenvalue weighted by atomic mass is 31.2. The van der Waals surface area contributed by atoms with Crippen LogP contribution in [0.5, 0.6) is 11.5 Å². The lowest BCUT2D eigenvalue weighted by Crippen LogP contribution is -1.99. The third-order valence-electron chi connectivity index (χ3n) is 2.30. The number of anilines is 2. The van der Waals surface area contributed by atoms with E-state index in [1.54, 1.807) is 48.5 Å². The van der Waals surface area contributed by atoms with Crippen LogP contribution in [-0.2, 0) is 4.57 Å². The second-order valence-corrected chi connectivity index (χ2v) is 6.00. The fourth-order valence-electron chi connectivity index (χ4n) is 1.46. The van der Waals surface area contributed by atoms with Gasteiger partial charge in [0.05, 0.1) is 6.66 Å². The Hall–Kier alpha value is -2.13. The zero-order valence-corrected chi connectivity index (χ0v) is 11.3. The monoisotopic (exact) mass is 278 g/mol. The van der Waals surface area contributed by atoms with Gasteiger partial charge in [-0.3, -0.25) is 0 Å². The summed E-state index contributed by atoms with van der Waals surface area (Å²) in [5.74, 6) is 0.881. The normalized spacial score (nSPS) is 11.0. The molecule has 19 heavy (non-hydrogen) atoms. The Bertz CT molecular complexity index is 545. The van der Waals surface area contributed by atoms with Crippen molar-refractivity contribution in [3.63, 3.8) is 0 Å². The molecular weight excluding hydrogens is 263 g/mol. The van der Waals surface area contributed by atoms with Gasteiger partial charge in [0, 0.05) is 11.4 Å². The van der Waals surface area contributed by atoms with Crippen LogP contribution in [0.25, 0.3) is 0 Å². The average Bonchev–Trinajstić information content (AvgIpc) is 2.34. The number of hydrogen-bond donors (Lipinski definition) is 2. The van der Waals surface area contributed by atoms with Gasteiger partial charge in [-0.1, -0.05) is 0 Å². The van der Waals surface area contributed by atoms with E-state index >= 15 is 0 Å². The van der Waals surface area contributed by atoms with Gasteiger partial charge < -0.3 is 20.5 Å². The molecule has 0 aliphatic carbocycles. The second kappa shape index (κ2) is 5.24. The Kier molecular flexibility index (Phi) is 3.67. The fourth-order valence-corrected chi connectivity index (χ4v) is 2.51. The molecule has 5 nitrogen and oxygen atoms in total. The molecule has 0 heterocycles. The van der Waals surface area contributed by atoms with Crippen molar-refractivity contribution in [2.45, 2.75) is 0 Å². The van der Waals surface area contributed by atoms with E-state index in [2.05, 4.69) is 0 Å². The Morgan fingerprint density at radius 2 is 1.11 bits per heavy atom. The minimum atomic E-state index is -3.25. The predicted octanol–water partition coefficient (Wildman–Crippen LogP) is 3.13. The van der Waals surface area contributed by atoms with Gasteiger partial charge in [-0.05, 0) is 48.5 Å². The summed E-state index contributed by atoms with van der Waals surface area (Å²) in [6, 6.07) is 13.2. The molecule has 0 atom stereocenters. The van der Waals surface area contributed by atoms with E-state index in [9.17, 15) is 4.57 Å². The maximum Gasteiger partial charge on any atom is 0.427 e. The summed E-state index contributed by atoms with van der Waals surface area (Å²) in [5.41, 5.74) is 12.3. The van der Waals surface area contributed by atoms with Crippen LogP contribution in [0.4, 0.5) is 11.4 Å². The largest absolute Gasteiger partial charge is 0.427 e. The summed E-state index contributed by atoms with van der Waals surface area (Å²) in [6.45, 7) is 1.40. The van der Waals surface area contributed by atoms with Crippen molar-refractivity contribution < 1.29 is 13.6 Å².